The van der Waals surface area contributed by atoms with E-state index in [1.807, 2.05) is 36.4 Å². The number of nitrogens with one attached hydrogen (secondary N) is 1. The van der Waals surface area contributed by atoms with Crippen LogP contribution in [-0.4, -0.2) is 33.1 Å². The maximum atomic E-state index is 12.6. The van der Waals surface area contributed by atoms with Gasteiger partial charge in [0, 0.05) is 29.9 Å². The van der Waals surface area contributed by atoms with Crippen LogP contribution in [0.5, 0.6) is 0 Å². The average molecular weight is 361 g/mol. The lowest BCUT2D eigenvalue weighted by Crippen LogP contribution is -2.23. The van der Waals surface area contributed by atoms with E-state index in [0.29, 0.717) is 18.5 Å². The molecule has 0 bridgehead atoms. The average Bonchev–Trinajstić information content (AvgIpc) is 3.35. The van der Waals surface area contributed by atoms with Gasteiger partial charge in [-0.25, -0.2) is 9.67 Å². The Balaban J connectivity index is 1.48. The first-order valence-corrected chi connectivity index (χ1v) is 8.83. The van der Waals surface area contributed by atoms with Gasteiger partial charge in [-0.15, -0.1) is 0 Å². The van der Waals surface area contributed by atoms with Crippen LogP contribution in [0, 0.1) is 0 Å². The van der Waals surface area contributed by atoms with Gasteiger partial charge < -0.3 is 10.2 Å². The van der Waals surface area contributed by atoms with Gasteiger partial charge in [-0.2, -0.15) is 5.10 Å². The summed E-state index contributed by atoms with van der Waals surface area (Å²) in [7, 11) is 0. The summed E-state index contributed by atoms with van der Waals surface area (Å²) in [5, 5.41) is 7.06. The highest BCUT2D eigenvalue weighted by Gasteiger charge is 2.21. The van der Waals surface area contributed by atoms with Crippen LogP contribution in [-0.2, 0) is 11.3 Å². The van der Waals surface area contributed by atoms with Crippen LogP contribution >= 0.6 is 0 Å². The van der Waals surface area contributed by atoms with Gasteiger partial charge in [0.1, 0.15) is 12.7 Å². The van der Waals surface area contributed by atoms with E-state index >= 15 is 0 Å². The van der Waals surface area contributed by atoms with E-state index in [4.69, 9.17) is 0 Å². The predicted molar refractivity (Wildman–Crippen MR) is 102 cm³/mol. The topological polar surface area (TPSA) is 80.1 Å². The Labute approximate surface area is 156 Å². The standard InChI is InChI=1S/C20H19N5O2/c26-19-6-3-11-25(19)17-9-7-15(8-10-17)20(27)23-18-5-2-1-4-16(18)12-24-14-21-13-22-24/h1-2,4-5,7-10,13-14H,3,6,11-12H2,(H,23,27). The minimum Gasteiger partial charge on any atom is -0.322 e. The van der Waals surface area contributed by atoms with Gasteiger partial charge in [0.15, 0.2) is 0 Å². The molecule has 136 valence electrons. The number of para-hydroxylation sites is 1. The van der Waals surface area contributed by atoms with Gasteiger partial charge in [0.25, 0.3) is 5.91 Å². The molecule has 0 radical (unpaired) electrons. The Hall–Kier alpha value is -3.48. The van der Waals surface area contributed by atoms with Gasteiger partial charge in [-0.3, -0.25) is 9.59 Å². The lowest BCUT2D eigenvalue weighted by atomic mass is 10.1. The van der Waals surface area contributed by atoms with Crippen LogP contribution in [0.4, 0.5) is 11.4 Å². The second kappa shape index (κ2) is 7.41. The molecular formula is C20H19N5O2. The van der Waals surface area contributed by atoms with Crippen LogP contribution in [0.25, 0.3) is 0 Å². The van der Waals surface area contributed by atoms with Gasteiger partial charge in [0.2, 0.25) is 5.91 Å². The van der Waals surface area contributed by atoms with Gasteiger partial charge >= 0.3 is 0 Å². The smallest absolute Gasteiger partial charge is 0.255 e. The minimum atomic E-state index is -0.194. The van der Waals surface area contributed by atoms with E-state index in [2.05, 4.69) is 15.4 Å². The van der Waals surface area contributed by atoms with E-state index in [0.717, 1.165) is 29.9 Å². The van der Waals surface area contributed by atoms with Crippen molar-refractivity contribution >= 4 is 23.2 Å². The van der Waals surface area contributed by atoms with Crippen molar-refractivity contribution in [2.45, 2.75) is 19.4 Å². The molecule has 2 heterocycles. The Morgan fingerprint density at radius 2 is 1.93 bits per heavy atom. The number of amides is 2. The molecule has 1 N–H and O–H groups in total. The number of carbonyl (C=O) groups excluding carboxylic acids is 2. The van der Waals surface area contributed by atoms with E-state index < -0.39 is 0 Å². The second-order valence-electron chi connectivity index (χ2n) is 6.40. The first-order chi connectivity index (χ1) is 13.2. The monoisotopic (exact) mass is 361 g/mol. The normalized spacial score (nSPS) is 13.8. The minimum absolute atomic E-state index is 0.134. The summed E-state index contributed by atoms with van der Waals surface area (Å²) >= 11 is 0. The third-order valence-corrected chi connectivity index (χ3v) is 4.58. The summed E-state index contributed by atoms with van der Waals surface area (Å²) < 4.78 is 1.70. The fraction of sp³-hybridized carbons (Fsp3) is 0.200. The number of carbonyl (C=O) groups is 2. The first kappa shape index (κ1) is 17.0. The lowest BCUT2D eigenvalue weighted by molar-refractivity contribution is -0.117. The summed E-state index contributed by atoms with van der Waals surface area (Å²) in [4.78, 5) is 30.2. The van der Waals surface area contributed by atoms with Crippen LogP contribution in [0.15, 0.2) is 61.2 Å². The number of rotatable bonds is 5. The molecule has 27 heavy (non-hydrogen) atoms. The third-order valence-electron chi connectivity index (χ3n) is 4.58. The molecule has 1 aliphatic rings. The van der Waals surface area contributed by atoms with Gasteiger partial charge in [-0.1, -0.05) is 18.2 Å². The molecule has 0 atom stereocenters. The highest BCUT2D eigenvalue weighted by molar-refractivity contribution is 6.05. The molecule has 2 amide bonds. The summed E-state index contributed by atoms with van der Waals surface area (Å²) in [5.41, 5.74) is 3.05. The summed E-state index contributed by atoms with van der Waals surface area (Å²) in [5.74, 6) is -0.0606. The van der Waals surface area contributed by atoms with Gasteiger partial charge in [0.05, 0.1) is 6.54 Å². The van der Waals surface area contributed by atoms with Gasteiger partial charge in [-0.05, 0) is 42.3 Å². The van der Waals surface area contributed by atoms with Crippen molar-refractivity contribution < 1.29 is 9.59 Å². The molecule has 7 heteroatoms. The van der Waals surface area contributed by atoms with Crippen molar-refractivity contribution in [2.75, 3.05) is 16.8 Å². The molecule has 0 unspecified atom stereocenters. The highest BCUT2D eigenvalue weighted by atomic mass is 16.2. The SMILES string of the molecule is O=C(Nc1ccccc1Cn1cncn1)c1ccc(N2CCCC2=O)cc1. The third kappa shape index (κ3) is 3.72. The summed E-state index contributed by atoms with van der Waals surface area (Å²) in [6.07, 6.45) is 4.58. The van der Waals surface area contributed by atoms with E-state index in [1.165, 1.54) is 6.33 Å². The maximum absolute atomic E-state index is 12.6. The number of benzene rings is 2. The number of aromatic nitrogens is 3. The van der Waals surface area contributed by atoms with Crippen molar-refractivity contribution in [2.24, 2.45) is 0 Å². The zero-order valence-electron chi connectivity index (χ0n) is 14.7. The van der Waals surface area contributed by atoms with Crippen LogP contribution in [0.2, 0.25) is 0 Å². The molecule has 7 nitrogen and oxygen atoms in total. The van der Waals surface area contributed by atoms with E-state index in [9.17, 15) is 9.59 Å². The van der Waals surface area contributed by atoms with Crippen LogP contribution in [0.3, 0.4) is 0 Å². The Kier molecular flexibility index (Phi) is 4.65. The van der Waals surface area contributed by atoms with Crippen molar-refractivity contribution in [1.82, 2.24) is 14.8 Å². The highest BCUT2D eigenvalue weighted by Crippen LogP contribution is 2.22. The van der Waals surface area contributed by atoms with Crippen LogP contribution < -0.4 is 10.2 Å². The van der Waals surface area contributed by atoms with Crippen molar-refractivity contribution in [3.8, 4) is 0 Å². The quantitative estimate of drug-likeness (QED) is 0.758. The lowest BCUT2D eigenvalue weighted by Gasteiger charge is -2.16. The largest absolute Gasteiger partial charge is 0.322 e. The predicted octanol–water partition coefficient (Wildman–Crippen LogP) is 2.71. The zero-order valence-corrected chi connectivity index (χ0v) is 14.7. The Morgan fingerprint density at radius 3 is 2.63 bits per heavy atom. The molecular weight excluding hydrogens is 342 g/mol. The Morgan fingerprint density at radius 1 is 1.11 bits per heavy atom. The first-order valence-electron chi connectivity index (χ1n) is 8.83. The molecule has 0 aliphatic carbocycles. The maximum Gasteiger partial charge on any atom is 0.255 e. The zero-order chi connectivity index (χ0) is 18.6. The molecule has 0 spiro atoms. The number of hydrogen-bond donors (Lipinski definition) is 1. The van der Waals surface area contributed by atoms with E-state index in [-0.39, 0.29) is 11.8 Å². The summed E-state index contributed by atoms with van der Waals surface area (Å²) in [6, 6.07) is 14.7. The fourth-order valence-electron chi connectivity index (χ4n) is 3.18. The molecule has 3 aromatic rings. The Bertz CT molecular complexity index is 951. The number of anilines is 2. The molecule has 0 saturated carbocycles. The van der Waals surface area contributed by atoms with Crippen molar-refractivity contribution in [3.05, 3.63) is 72.3 Å². The molecule has 1 aliphatic heterocycles. The van der Waals surface area contributed by atoms with Crippen LogP contribution in [0.1, 0.15) is 28.8 Å². The number of nitrogens with zero attached hydrogens (tertiary/aromatic N) is 4. The molecule has 1 saturated heterocycles. The van der Waals surface area contributed by atoms with Crippen molar-refractivity contribution in [3.63, 3.8) is 0 Å². The molecule has 4 rings (SSSR count). The van der Waals surface area contributed by atoms with Crippen molar-refractivity contribution in [1.29, 1.82) is 0 Å². The molecule has 1 aromatic heterocycles. The second-order valence-corrected chi connectivity index (χ2v) is 6.40. The van der Waals surface area contributed by atoms with E-state index in [1.54, 1.807) is 28.0 Å². The molecule has 1 fully saturated rings. The molecule has 2 aromatic carbocycles. The fourth-order valence-corrected chi connectivity index (χ4v) is 3.18. The number of hydrogen-bond acceptors (Lipinski definition) is 4. The summed E-state index contributed by atoms with van der Waals surface area (Å²) in [6.45, 7) is 1.26.